The highest BCUT2D eigenvalue weighted by atomic mass is 32.2. The number of fused-ring (bicyclic) bond motifs is 1. The van der Waals surface area contributed by atoms with Crippen molar-refractivity contribution >= 4 is 10.0 Å². The van der Waals surface area contributed by atoms with Gasteiger partial charge in [-0.15, -0.1) is 0 Å². The van der Waals surface area contributed by atoms with Crippen LogP contribution in [0, 0.1) is 0 Å². The first kappa shape index (κ1) is 13.4. The molecule has 5 heteroatoms. The van der Waals surface area contributed by atoms with Crippen LogP contribution in [0.2, 0.25) is 0 Å². The number of rotatable bonds is 3. The van der Waals surface area contributed by atoms with Crippen molar-refractivity contribution in [3.8, 4) is 5.75 Å². The highest BCUT2D eigenvalue weighted by Gasteiger charge is 2.26. The molecule has 100 valence electrons. The molecule has 0 aliphatic carbocycles. The Morgan fingerprint density at radius 3 is 2.78 bits per heavy atom. The van der Waals surface area contributed by atoms with Crippen molar-refractivity contribution in [1.29, 1.82) is 0 Å². The number of primary sulfonamides is 1. The standard InChI is InChI=1S/C13H19NO3S/c1-3-4-10-7-9(2)12-8-11(18(14,15)16)5-6-13(12)17-10/h5-6,8-10H,3-4,7H2,1-2H3,(H2,14,15,16). The summed E-state index contributed by atoms with van der Waals surface area (Å²) >= 11 is 0. The van der Waals surface area contributed by atoms with Crippen molar-refractivity contribution in [2.24, 2.45) is 5.14 Å². The molecule has 2 atom stereocenters. The largest absolute Gasteiger partial charge is 0.490 e. The summed E-state index contributed by atoms with van der Waals surface area (Å²) in [4.78, 5) is 0.158. The van der Waals surface area contributed by atoms with Gasteiger partial charge in [-0.25, -0.2) is 13.6 Å². The van der Waals surface area contributed by atoms with Gasteiger partial charge in [-0.05, 0) is 42.5 Å². The second kappa shape index (κ2) is 4.90. The van der Waals surface area contributed by atoms with E-state index in [9.17, 15) is 8.42 Å². The van der Waals surface area contributed by atoms with Crippen LogP contribution >= 0.6 is 0 Å². The van der Waals surface area contributed by atoms with E-state index in [1.165, 1.54) is 6.07 Å². The number of hydrogen-bond donors (Lipinski definition) is 1. The molecule has 1 aliphatic rings. The lowest BCUT2D eigenvalue weighted by Gasteiger charge is -2.30. The Hall–Kier alpha value is -1.07. The Morgan fingerprint density at radius 1 is 1.44 bits per heavy atom. The van der Waals surface area contributed by atoms with E-state index in [2.05, 4.69) is 13.8 Å². The summed E-state index contributed by atoms with van der Waals surface area (Å²) in [6.07, 6.45) is 3.27. The molecular formula is C13H19NO3S. The molecule has 18 heavy (non-hydrogen) atoms. The maximum Gasteiger partial charge on any atom is 0.238 e. The molecule has 0 radical (unpaired) electrons. The zero-order valence-electron chi connectivity index (χ0n) is 10.7. The molecule has 0 aromatic heterocycles. The SMILES string of the molecule is CCCC1CC(C)c2cc(S(N)(=O)=O)ccc2O1. The van der Waals surface area contributed by atoms with Crippen LogP contribution in [0.15, 0.2) is 23.1 Å². The van der Waals surface area contributed by atoms with Gasteiger partial charge in [0.05, 0.1) is 11.0 Å². The van der Waals surface area contributed by atoms with Gasteiger partial charge in [0.1, 0.15) is 5.75 Å². The second-order valence-electron chi connectivity index (χ2n) is 4.91. The maximum atomic E-state index is 11.3. The van der Waals surface area contributed by atoms with Gasteiger partial charge in [-0.3, -0.25) is 0 Å². The van der Waals surface area contributed by atoms with Gasteiger partial charge < -0.3 is 4.74 Å². The average molecular weight is 269 g/mol. The summed E-state index contributed by atoms with van der Waals surface area (Å²) in [7, 11) is -3.64. The van der Waals surface area contributed by atoms with E-state index < -0.39 is 10.0 Å². The van der Waals surface area contributed by atoms with E-state index in [1.54, 1.807) is 12.1 Å². The van der Waals surface area contributed by atoms with Crippen molar-refractivity contribution in [2.75, 3.05) is 0 Å². The van der Waals surface area contributed by atoms with Gasteiger partial charge in [0, 0.05) is 0 Å². The van der Waals surface area contributed by atoms with Crippen LogP contribution in [0.5, 0.6) is 5.75 Å². The van der Waals surface area contributed by atoms with Gasteiger partial charge in [-0.1, -0.05) is 20.3 Å². The van der Waals surface area contributed by atoms with Gasteiger partial charge in [0.15, 0.2) is 0 Å². The lowest BCUT2D eigenvalue weighted by molar-refractivity contribution is 0.151. The van der Waals surface area contributed by atoms with Crippen molar-refractivity contribution in [3.05, 3.63) is 23.8 Å². The topological polar surface area (TPSA) is 69.4 Å². The number of ether oxygens (including phenoxy) is 1. The molecule has 0 spiro atoms. The van der Waals surface area contributed by atoms with Crippen LogP contribution in [0.3, 0.4) is 0 Å². The lowest BCUT2D eigenvalue weighted by Crippen LogP contribution is -2.25. The number of hydrogen-bond acceptors (Lipinski definition) is 3. The molecule has 1 aliphatic heterocycles. The predicted molar refractivity (Wildman–Crippen MR) is 70.2 cm³/mol. The van der Waals surface area contributed by atoms with Crippen molar-refractivity contribution in [3.63, 3.8) is 0 Å². The first-order valence-corrected chi connectivity index (χ1v) is 7.80. The van der Waals surface area contributed by atoms with Crippen LogP contribution in [-0.4, -0.2) is 14.5 Å². The minimum atomic E-state index is -3.64. The molecule has 4 nitrogen and oxygen atoms in total. The summed E-state index contributed by atoms with van der Waals surface area (Å²) in [5.74, 6) is 1.09. The summed E-state index contributed by atoms with van der Waals surface area (Å²) in [5.41, 5.74) is 0.939. The molecular weight excluding hydrogens is 250 g/mol. The van der Waals surface area contributed by atoms with Gasteiger partial charge in [0.2, 0.25) is 10.0 Å². The third-order valence-electron chi connectivity index (χ3n) is 3.36. The number of sulfonamides is 1. The van der Waals surface area contributed by atoms with E-state index in [4.69, 9.17) is 9.88 Å². The van der Waals surface area contributed by atoms with Gasteiger partial charge >= 0.3 is 0 Å². The number of nitrogens with two attached hydrogens (primary N) is 1. The van der Waals surface area contributed by atoms with Crippen molar-refractivity contribution < 1.29 is 13.2 Å². The molecule has 0 saturated carbocycles. The fraction of sp³-hybridized carbons (Fsp3) is 0.538. The average Bonchev–Trinajstić information content (AvgIpc) is 2.27. The van der Waals surface area contributed by atoms with Crippen LogP contribution < -0.4 is 9.88 Å². The minimum absolute atomic E-state index is 0.158. The zero-order valence-corrected chi connectivity index (χ0v) is 11.5. The minimum Gasteiger partial charge on any atom is -0.490 e. The molecule has 1 heterocycles. The molecule has 2 N–H and O–H groups in total. The monoisotopic (exact) mass is 269 g/mol. The Labute approximate surface area is 108 Å². The van der Waals surface area contributed by atoms with Crippen molar-refractivity contribution in [2.45, 2.75) is 50.0 Å². The molecule has 0 fully saturated rings. The summed E-state index contributed by atoms with van der Waals surface area (Å²) in [6, 6.07) is 4.86. The van der Waals surface area contributed by atoms with Crippen LogP contribution in [0.1, 0.15) is 44.6 Å². The second-order valence-corrected chi connectivity index (χ2v) is 6.47. The highest BCUT2D eigenvalue weighted by Crippen LogP contribution is 2.38. The Morgan fingerprint density at radius 2 is 2.17 bits per heavy atom. The van der Waals surface area contributed by atoms with Gasteiger partial charge in [-0.2, -0.15) is 0 Å². The fourth-order valence-corrected chi connectivity index (χ4v) is 2.99. The number of benzene rings is 1. The quantitative estimate of drug-likeness (QED) is 0.916. The van der Waals surface area contributed by atoms with E-state index in [1.807, 2.05) is 0 Å². The fourth-order valence-electron chi connectivity index (χ4n) is 2.44. The van der Waals surface area contributed by atoms with Crippen LogP contribution in [0.25, 0.3) is 0 Å². The summed E-state index contributed by atoms with van der Waals surface area (Å²) in [6.45, 7) is 4.23. The third-order valence-corrected chi connectivity index (χ3v) is 4.27. The molecule has 0 amide bonds. The van der Waals surface area contributed by atoms with E-state index >= 15 is 0 Å². The molecule has 1 aromatic carbocycles. The third kappa shape index (κ3) is 2.67. The van der Waals surface area contributed by atoms with Gasteiger partial charge in [0.25, 0.3) is 0 Å². The smallest absolute Gasteiger partial charge is 0.238 e. The molecule has 0 saturated heterocycles. The Balaban J connectivity index is 2.35. The Bertz CT molecular complexity index is 539. The predicted octanol–water partition coefficient (Wildman–Crippen LogP) is 2.39. The Kier molecular flexibility index (Phi) is 3.64. The van der Waals surface area contributed by atoms with E-state index in [0.717, 1.165) is 30.6 Å². The molecule has 2 unspecified atom stereocenters. The molecule has 1 aromatic rings. The molecule has 2 rings (SSSR count). The first-order chi connectivity index (χ1) is 8.41. The van der Waals surface area contributed by atoms with E-state index in [0.29, 0.717) is 5.92 Å². The highest BCUT2D eigenvalue weighted by molar-refractivity contribution is 7.89. The van der Waals surface area contributed by atoms with Crippen molar-refractivity contribution in [1.82, 2.24) is 0 Å². The lowest BCUT2D eigenvalue weighted by atomic mass is 9.90. The zero-order chi connectivity index (χ0) is 13.3. The first-order valence-electron chi connectivity index (χ1n) is 6.25. The maximum absolute atomic E-state index is 11.3. The van der Waals surface area contributed by atoms with Crippen LogP contribution in [0.4, 0.5) is 0 Å². The normalized spacial score (nSPS) is 23.3. The summed E-state index contributed by atoms with van der Waals surface area (Å²) in [5, 5.41) is 5.14. The summed E-state index contributed by atoms with van der Waals surface area (Å²) < 4.78 is 28.5. The molecule has 0 bridgehead atoms. The van der Waals surface area contributed by atoms with E-state index in [-0.39, 0.29) is 11.0 Å². The van der Waals surface area contributed by atoms with Crippen LogP contribution in [-0.2, 0) is 10.0 Å².